The Bertz CT molecular complexity index is 625. The third-order valence-electron chi connectivity index (χ3n) is 2.79. The number of hydrogen-bond acceptors (Lipinski definition) is 3. The number of carbonyl (C=O) groups excluding carboxylic acids is 1. The average Bonchev–Trinajstić information content (AvgIpc) is 2.63. The number of aryl methyl sites for hydroxylation is 1. The fraction of sp³-hybridized carbons (Fsp3) is 0.357. The number of halogens is 1. The quantitative estimate of drug-likeness (QED) is 0.895. The third kappa shape index (κ3) is 2.93. The molecule has 0 bridgehead atoms. The van der Waals surface area contributed by atoms with Gasteiger partial charge in [0, 0.05) is 17.5 Å². The van der Waals surface area contributed by atoms with Crippen LogP contribution in [0.15, 0.2) is 22.6 Å². The van der Waals surface area contributed by atoms with Crippen LogP contribution in [0.3, 0.4) is 0 Å². The molecule has 0 spiro atoms. The summed E-state index contributed by atoms with van der Waals surface area (Å²) in [5.74, 6) is -0.652. The Balaban J connectivity index is 2.30. The summed E-state index contributed by atoms with van der Waals surface area (Å²) in [6.07, 6.45) is 0. The van der Waals surface area contributed by atoms with Gasteiger partial charge in [-0.2, -0.15) is 0 Å². The Morgan fingerprint density at radius 1 is 1.47 bits per heavy atom. The maximum Gasteiger partial charge on any atom is 0.287 e. The molecule has 2 aromatic rings. The van der Waals surface area contributed by atoms with Crippen LogP contribution in [0.25, 0.3) is 11.0 Å². The van der Waals surface area contributed by atoms with E-state index in [2.05, 4.69) is 5.32 Å². The van der Waals surface area contributed by atoms with E-state index >= 15 is 0 Å². The van der Waals surface area contributed by atoms with Crippen LogP contribution in [0.5, 0.6) is 0 Å². The normalized spacial score (nSPS) is 11.8. The van der Waals surface area contributed by atoms with E-state index in [0.717, 1.165) is 0 Å². The third-order valence-corrected chi connectivity index (χ3v) is 2.79. The van der Waals surface area contributed by atoms with Crippen molar-refractivity contribution >= 4 is 16.9 Å². The molecule has 4 nitrogen and oxygen atoms in total. The lowest BCUT2D eigenvalue weighted by Gasteiger charge is -2.17. The zero-order valence-corrected chi connectivity index (χ0v) is 11.1. The van der Waals surface area contributed by atoms with E-state index in [1.54, 1.807) is 20.8 Å². The predicted molar refractivity (Wildman–Crippen MR) is 69.5 cm³/mol. The van der Waals surface area contributed by atoms with E-state index in [1.165, 1.54) is 18.2 Å². The van der Waals surface area contributed by atoms with Crippen molar-refractivity contribution < 1.29 is 18.7 Å². The molecular formula is C14H16FNO3. The van der Waals surface area contributed by atoms with Gasteiger partial charge in [-0.1, -0.05) is 0 Å². The van der Waals surface area contributed by atoms with Crippen molar-refractivity contribution in [3.05, 3.63) is 35.3 Å². The highest BCUT2D eigenvalue weighted by Gasteiger charge is 2.20. The van der Waals surface area contributed by atoms with E-state index in [0.29, 0.717) is 16.5 Å². The van der Waals surface area contributed by atoms with E-state index < -0.39 is 11.5 Å². The molecule has 0 fully saturated rings. The fourth-order valence-corrected chi connectivity index (χ4v) is 1.79. The van der Waals surface area contributed by atoms with Gasteiger partial charge in [-0.05, 0) is 39.0 Å². The number of benzene rings is 1. The van der Waals surface area contributed by atoms with Gasteiger partial charge in [0.05, 0.1) is 5.60 Å². The molecule has 0 aliphatic carbocycles. The first-order chi connectivity index (χ1) is 8.78. The number of nitrogens with one attached hydrogen (secondary N) is 1. The van der Waals surface area contributed by atoms with E-state index in [1.807, 2.05) is 0 Å². The Morgan fingerprint density at radius 3 is 2.79 bits per heavy atom. The summed E-state index contributed by atoms with van der Waals surface area (Å²) >= 11 is 0. The zero-order chi connectivity index (χ0) is 14.2. The second-order valence-electron chi connectivity index (χ2n) is 5.19. The van der Waals surface area contributed by atoms with Crippen molar-refractivity contribution in [3.8, 4) is 0 Å². The number of amides is 1. The minimum Gasteiger partial charge on any atom is -0.451 e. The molecule has 2 rings (SSSR count). The first-order valence-corrected chi connectivity index (χ1v) is 5.97. The second kappa shape index (κ2) is 4.66. The van der Waals surface area contributed by atoms with Crippen LogP contribution in [0.1, 0.15) is 30.0 Å². The molecule has 1 amide bonds. The second-order valence-corrected chi connectivity index (χ2v) is 5.19. The summed E-state index contributed by atoms with van der Waals surface area (Å²) in [6.45, 7) is 4.99. The SMILES string of the molecule is Cc1c(C(=O)NCC(C)(C)O)oc2ccc(F)cc12. The van der Waals surface area contributed by atoms with Gasteiger partial charge in [0.2, 0.25) is 0 Å². The van der Waals surface area contributed by atoms with E-state index in [4.69, 9.17) is 4.42 Å². The molecule has 0 atom stereocenters. The van der Waals surface area contributed by atoms with Crippen LogP contribution in [0, 0.1) is 12.7 Å². The van der Waals surface area contributed by atoms with Crippen molar-refractivity contribution in [2.75, 3.05) is 6.54 Å². The highest BCUT2D eigenvalue weighted by Crippen LogP contribution is 2.25. The highest BCUT2D eigenvalue weighted by molar-refractivity contribution is 5.98. The van der Waals surface area contributed by atoms with Crippen LogP contribution in [-0.2, 0) is 0 Å². The number of hydrogen-bond donors (Lipinski definition) is 2. The van der Waals surface area contributed by atoms with E-state index in [9.17, 15) is 14.3 Å². The van der Waals surface area contributed by atoms with Crippen molar-refractivity contribution in [1.82, 2.24) is 5.32 Å². The maximum atomic E-state index is 13.2. The van der Waals surface area contributed by atoms with Gasteiger partial charge in [0.1, 0.15) is 11.4 Å². The molecule has 0 aliphatic rings. The Labute approximate surface area is 110 Å². The Morgan fingerprint density at radius 2 is 2.16 bits per heavy atom. The van der Waals surface area contributed by atoms with Crippen LogP contribution < -0.4 is 5.32 Å². The van der Waals surface area contributed by atoms with Gasteiger partial charge in [0.25, 0.3) is 5.91 Å². The molecule has 2 N–H and O–H groups in total. The summed E-state index contributed by atoms with van der Waals surface area (Å²) < 4.78 is 18.6. The summed E-state index contributed by atoms with van der Waals surface area (Å²) in [4.78, 5) is 12.0. The monoisotopic (exact) mass is 265 g/mol. The molecule has 0 radical (unpaired) electrons. The number of fused-ring (bicyclic) bond motifs is 1. The van der Waals surface area contributed by atoms with Crippen molar-refractivity contribution in [3.63, 3.8) is 0 Å². The smallest absolute Gasteiger partial charge is 0.287 e. The molecule has 102 valence electrons. The molecule has 5 heteroatoms. The molecular weight excluding hydrogens is 249 g/mol. The van der Waals surface area contributed by atoms with Gasteiger partial charge in [0.15, 0.2) is 5.76 Å². The molecule has 0 aliphatic heterocycles. The van der Waals surface area contributed by atoms with Gasteiger partial charge >= 0.3 is 0 Å². The van der Waals surface area contributed by atoms with Crippen LogP contribution in [0.4, 0.5) is 4.39 Å². The average molecular weight is 265 g/mol. The molecule has 1 heterocycles. The van der Waals surface area contributed by atoms with Crippen molar-refractivity contribution in [2.24, 2.45) is 0 Å². The Hall–Kier alpha value is -1.88. The lowest BCUT2D eigenvalue weighted by molar-refractivity contribution is 0.0681. The molecule has 19 heavy (non-hydrogen) atoms. The summed E-state index contributed by atoms with van der Waals surface area (Å²) in [6, 6.07) is 4.11. The molecule has 1 aromatic carbocycles. The van der Waals surface area contributed by atoms with E-state index in [-0.39, 0.29) is 18.1 Å². The topological polar surface area (TPSA) is 62.5 Å². The highest BCUT2D eigenvalue weighted by atomic mass is 19.1. The lowest BCUT2D eigenvalue weighted by Crippen LogP contribution is -2.38. The van der Waals surface area contributed by atoms with Gasteiger partial charge < -0.3 is 14.8 Å². The summed E-state index contributed by atoms with van der Waals surface area (Å²) in [5.41, 5.74) is 0.0527. The zero-order valence-electron chi connectivity index (χ0n) is 11.1. The van der Waals surface area contributed by atoms with Gasteiger partial charge in [-0.3, -0.25) is 4.79 Å². The number of rotatable bonds is 3. The van der Waals surface area contributed by atoms with Gasteiger partial charge in [-0.15, -0.1) is 0 Å². The first-order valence-electron chi connectivity index (χ1n) is 5.97. The van der Waals surface area contributed by atoms with Crippen LogP contribution in [-0.4, -0.2) is 23.2 Å². The summed E-state index contributed by atoms with van der Waals surface area (Å²) in [7, 11) is 0. The van der Waals surface area contributed by atoms with Crippen LogP contribution >= 0.6 is 0 Å². The summed E-state index contributed by atoms with van der Waals surface area (Å²) in [5, 5.41) is 12.7. The van der Waals surface area contributed by atoms with Gasteiger partial charge in [-0.25, -0.2) is 4.39 Å². The molecule has 0 saturated carbocycles. The maximum absolute atomic E-state index is 13.2. The molecule has 0 unspecified atom stereocenters. The van der Waals surface area contributed by atoms with Crippen LogP contribution in [0.2, 0.25) is 0 Å². The standard InChI is InChI=1S/C14H16FNO3/c1-8-10-6-9(15)4-5-11(10)19-12(8)13(17)16-7-14(2,3)18/h4-6,18H,7H2,1-3H3,(H,16,17). The van der Waals surface area contributed by atoms with Crippen molar-refractivity contribution in [1.29, 1.82) is 0 Å². The number of aliphatic hydroxyl groups is 1. The lowest BCUT2D eigenvalue weighted by atomic mass is 10.1. The molecule has 1 aromatic heterocycles. The predicted octanol–water partition coefficient (Wildman–Crippen LogP) is 2.38. The largest absolute Gasteiger partial charge is 0.451 e. The first kappa shape index (κ1) is 13.5. The minimum atomic E-state index is -0.998. The molecule has 0 saturated heterocycles. The number of carbonyl (C=O) groups is 1. The Kier molecular flexibility index (Phi) is 3.32. The van der Waals surface area contributed by atoms with Crippen molar-refractivity contribution in [2.45, 2.75) is 26.4 Å². The number of furan rings is 1. The fourth-order valence-electron chi connectivity index (χ4n) is 1.79. The minimum absolute atomic E-state index is 0.108.